The monoisotopic (exact) mass is 328 g/mol. The topological polar surface area (TPSA) is 66.1 Å². The molecule has 0 fully saturated rings. The largest absolute Gasteiger partial charge is 0.496 e. The molecule has 2 rings (SSSR count). The summed E-state index contributed by atoms with van der Waals surface area (Å²) in [4.78, 5) is 5.27. The van der Waals surface area contributed by atoms with Gasteiger partial charge in [-0.2, -0.15) is 0 Å². The van der Waals surface area contributed by atoms with Gasteiger partial charge in [0.1, 0.15) is 18.1 Å². The number of hydrogen-bond acceptors (Lipinski definition) is 4. The van der Waals surface area contributed by atoms with Gasteiger partial charge in [0.25, 0.3) is 0 Å². The number of benzene rings is 2. The van der Waals surface area contributed by atoms with E-state index >= 15 is 0 Å². The second-order valence-electron chi connectivity index (χ2n) is 5.48. The molecule has 2 N–H and O–H groups in total. The first kappa shape index (κ1) is 17.7. The minimum atomic E-state index is 0.294. The van der Waals surface area contributed by atoms with Crippen LogP contribution in [0.5, 0.6) is 11.5 Å². The fraction of sp³-hybridized carbons (Fsp3) is 0.316. The van der Waals surface area contributed by atoms with Gasteiger partial charge < -0.3 is 20.0 Å². The zero-order valence-corrected chi connectivity index (χ0v) is 14.4. The van der Waals surface area contributed by atoms with Crippen molar-refractivity contribution in [3.8, 4) is 11.5 Å². The smallest absolute Gasteiger partial charge is 0.174 e. The zero-order valence-electron chi connectivity index (χ0n) is 14.4. The Hall–Kier alpha value is -2.69. The molecule has 0 saturated heterocycles. The maximum Gasteiger partial charge on any atom is 0.174 e. The van der Waals surface area contributed by atoms with Crippen molar-refractivity contribution in [1.82, 2.24) is 0 Å². The van der Waals surface area contributed by atoms with Crippen LogP contribution in [0.2, 0.25) is 0 Å². The number of ether oxygens (including phenoxy) is 2. The molecule has 0 spiro atoms. The Morgan fingerprint density at radius 2 is 1.83 bits per heavy atom. The molecule has 24 heavy (non-hydrogen) atoms. The van der Waals surface area contributed by atoms with E-state index in [1.807, 2.05) is 44.2 Å². The third kappa shape index (κ3) is 4.91. The predicted molar refractivity (Wildman–Crippen MR) is 95.7 cm³/mol. The Morgan fingerprint density at radius 1 is 1.04 bits per heavy atom. The summed E-state index contributed by atoms with van der Waals surface area (Å²) in [5, 5.41) is 3.94. The summed E-state index contributed by atoms with van der Waals surface area (Å²) in [5.41, 5.74) is 8.95. The SMILES string of the molecule is COc1ccccc1/C(N)=N/OCCCOc1cc(C)ccc1C. The first-order valence-electron chi connectivity index (χ1n) is 7.90. The lowest BCUT2D eigenvalue weighted by molar-refractivity contribution is 0.127. The fourth-order valence-electron chi connectivity index (χ4n) is 2.19. The molecule has 0 aliphatic heterocycles. The van der Waals surface area contributed by atoms with Gasteiger partial charge in [0.2, 0.25) is 0 Å². The van der Waals surface area contributed by atoms with Crippen molar-refractivity contribution in [1.29, 1.82) is 0 Å². The summed E-state index contributed by atoms with van der Waals surface area (Å²) >= 11 is 0. The van der Waals surface area contributed by atoms with Crippen LogP contribution in [0.15, 0.2) is 47.6 Å². The van der Waals surface area contributed by atoms with Crippen molar-refractivity contribution in [3.63, 3.8) is 0 Å². The van der Waals surface area contributed by atoms with Crippen molar-refractivity contribution < 1.29 is 14.3 Å². The maximum absolute atomic E-state index is 5.93. The Bertz CT molecular complexity index is 699. The number of rotatable bonds is 8. The van der Waals surface area contributed by atoms with Crippen LogP contribution < -0.4 is 15.2 Å². The van der Waals surface area contributed by atoms with Gasteiger partial charge in [-0.05, 0) is 43.2 Å². The van der Waals surface area contributed by atoms with Crippen LogP contribution in [0.4, 0.5) is 0 Å². The van der Waals surface area contributed by atoms with E-state index in [0.29, 0.717) is 30.4 Å². The predicted octanol–water partition coefficient (Wildman–Crippen LogP) is 3.42. The van der Waals surface area contributed by atoms with Crippen molar-refractivity contribution in [2.75, 3.05) is 20.3 Å². The highest BCUT2D eigenvalue weighted by atomic mass is 16.6. The maximum atomic E-state index is 5.93. The summed E-state index contributed by atoms with van der Waals surface area (Å²) in [6.45, 7) is 5.07. The highest BCUT2D eigenvalue weighted by molar-refractivity contribution is 5.99. The lowest BCUT2D eigenvalue weighted by atomic mass is 10.1. The van der Waals surface area contributed by atoms with Gasteiger partial charge in [-0.25, -0.2) is 0 Å². The fourth-order valence-corrected chi connectivity index (χ4v) is 2.19. The Morgan fingerprint density at radius 3 is 2.62 bits per heavy atom. The number of nitrogens with zero attached hydrogens (tertiary/aromatic N) is 1. The second kappa shape index (κ2) is 8.82. The minimum absolute atomic E-state index is 0.294. The molecule has 0 aliphatic rings. The summed E-state index contributed by atoms with van der Waals surface area (Å²) in [5.74, 6) is 1.87. The third-order valence-corrected chi connectivity index (χ3v) is 3.53. The molecule has 128 valence electrons. The molecule has 2 aromatic carbocycles. The molecule has 2 aromatic rings. The van der Waals surface area contributed by atoms with E-state index in [9.17, 15) is 0 Å². The van der Waals surface area contributed by atoms with Crippen LogP contribution in [0.25, 0.3) is 0 Å². The third-order valence-electron chi connectivity index (χ3n) is 3.53. The van der Waals surface area contributed by atoms with Gasteiger partial charge in [0, 0.05) is 6.42 Å². The molecular formula is C19H24N2O3. The average molecular weight is 328 g/mol. The molecule has 5 heteroatoms. The van der Waals surface area contributed by atoms with E-state index in [4.69, 9.17) is 20.0 Å². The van der Waals surface area contributed by atoms with E-state index < -0.39 is 0 Å². The van der Waals surface area contributed by atoms with Crippen LogP contribution in [-0.4, -0.2) is 26.2 Å². The second-order valence-corrected chi connectivity index (χ2v) is 5.48. The van der Waals surface area contributed by atoms with Crippen LogP contribution in [-0.2, 0) is 4.84 Å². The van der Waals surface area contributed by atoms with Crippen LogP contribution >= 0.6 is 0 Å². The van der Waals surface area contributed by atoms with Crippen LogP contribution in [0.1, 0.15) is 23.1 Å². The Balaban J connectivity index is 1.77. The van der Waals surface area contributed by atoms with Crippen molar-refractivity contribution >= 4 is 5.84 Å². The van der Waals surface area contributed by atoms with Gasteiger partial charge in [-0.3, -0.25) is 0 Å². The van der Waals surface area contributed by atoms with Gasteiger partial charge >= 0.3 is 0 Å². The summed E-state index contributed by atoms with van der Waals surface area (Å²) in [6, 6.07) is 13.6. The normalized spacial score (nSPS) is 11.2. The van der Waals surface area contributed by atoms with Gasteiger partial charge in [0.15, 0.2) is 5.84 Å². The molecule has 0 unspecified atom stereocenters. The number of methoxy groups -OCH3 is 1. The lowest BCUT2D eigenvalue weighted by Crippen LogP contribution is -2.15. The molecule has 0 aliphatic carbocycles. The molecule has 0 bridgehead atoms. The van der Waals surface area contributed by atoms with Gasteiger partial charge in [0.05, 0.1) is 19.3 Å². The first-order chi connectivity index (χ1) is 11.6. The number of para-hydroxylation sites is 1. The lowest BCUT2D eigenvalue weighted by Gasteiger charge is -2.10. The Kier molecular flexibility index (Phi) is 6.49. The van der Waals surface area contributed by atoms with E-state index in [1.165, 1.54) is 5.56 Å². The van der Waals surface area contributed by atoms with E-state index in [1.54, 1.807) is 7.11 Å². The number of amidine groups is 1. The molecule has 0 atom stereocenters. The molecule has 0 aromatic heterocycles. The van der Waals surface area contributed by atoms with Crippen LogP contribution in [0.3, 0.4) is 0 Å². The average Bonchev–Trinajstić information content (AvgIpc) is 2.60. The number of aryl methyl sites for hydroxylation is 2. The molecule has 0 heterocycles. The molecular weight excluding hydrogens is 304 g/mol. The van der Waals surface area contributed by atoms with Crippen molar-refractivity contribution in [3.05, 3.63) is 59.2 Å². The van der Waals surface area contributed by atoms with Crippen LogP contribution in [0, 0.1) is 13.8 Å². The number of hydrogen-bond donors (Lipinski definition) is 1. The van der Waals surface area contributed by atoms with E-state index in [-0.39, 0.29) is 0 Å². The molecule has 0 amide bonds. The van der Waals surface area contributed by atoms with Crippen molar-refractivity contribution in [2.24, 2.45) is 10.9 Å². The van der Waals surface area contributed by atoms with E-state index in [0.717, 1.165) is 17.7 Å². The standard InChI is InChI=1S/C19H24N2O3/c1-14-9-10-15(2)18(13-14)23-11-6-12-24-21-19(20)16-7-4-5-8-17(16)22-3/h4-5,7-10,13H,6,11-12H2,1-3H3,(H2,20,21). The van der Waals surface area contributed by atoms with Gasteiger partial charge in [-0.15, -0.1) is 0 Å². The molecule has 0 saturated carbocycles. The summed E-state index contributed by atoms with van der Waals surface area (Å²) in [7, 11) is 1.59. The van der Waals surface area contributed by atoms with E-state index in [2.05, 4.69) is 17.3 Å². The summed E-state index contributed by atoms with van der Waals surface area (Å²) < 4.78 is 11.0. The summed E-state index contributed by atoms with van der Waals surface area (Å²) in [6.07, 6.45) is 0.718. The Labute approximate surface area is 143 Å². The molecule has 0 radical (unpaired) electrons. The minimum Gasteiger partial charge on any atom is -0.496 e. The van der Waals surface area contributed by atoms with Crippen molar-refractivity contribution in [2.45, 2.75) is 20.3 Å². The van der Waals surface area contributed by atoms with Gasteiger partial charge in [-0.1, -0.05) is 29.4 Å². The highest BCUT2D eigenvalue weighted by Crippen LogP contribution is 2.19. The zero-order chi connectivity index (χ0) is 17.4. The highest BCUT2D eigenvalue weighted by Gasteiger charge is 2.06. The quantitative estimate of drug-likeness (QED) is 0.349. The molecule has 5 nitrogen and oxygen atoms in total. The number of nitrogens with two attached hydrogens (primary N) is 1. The first-order valence-corrected chi connectivity index (χ1v) is 7.90. The number of oxime groups is 1.